The van der Waals surface area contributed by atoms with Crippen LogP contribution in [0.2, 0.25) is 0 Å². The molecule has 0 N–H and O–H groups in total. The molecule has 0 spiro atoms. The summed E-state index contributed by atoms with van der Waals surface area (Å²) < 4.78 is 6.95. The van der Waals surface area contributed by atoms with Crippen molar-refractivity contribution in [3.63, 3.8) is 0 Å². The van der Waals surface area contributed by atoms with Gasteiger partial charge in [0.05, 0.1) is 12.9 Å². The Morgan fingerprint density at radius 3 is 2.92 bits per heavy atom. The average Bonchev–Trinajstić information content (AvgIpc) is 2.99. The highest BCUT2D eigenvalue weighted by Crippen LogP contribution is 2.17. The van der Waals surface area contributed by atoms with Crippen LogP contribution in [-0.2, 0) is 17.9 Å². The zero-order valence-electron chi connectivity index (χ0n) is 14.5. The highest BCUT2D eigenvalue weighted by molar-refractivity contribution is 7.99. The van der Waals surface area contributed by atoms with Crippen LogP contribution in [0.25, 0.3) is 0 Å². The van der Waals surface area contributed by atoms with Crippen LogP contribution in [0.3, 0.4) is 0 Å². The van der Waals surface area contributed by atoms with E-state index in [1.165, 1.54) is 11.8 Å². The Morgan fingerprint density at radius 1 is 1.42 bits per heavy atom. The predicted octanol–water partition coefficient (Wildman–Crippen LogP) is 2.09. The van der Waals surface area contributed by atoms with Crippen molar-refractivity contribution in [1.82, 2.24) is 25.1 Å². The molecule has 1 amide bonds. The number of aromatic nitrogens is 4. The molecule has 0 aliphatic heterocycles. The highest BCUT2D eigenvalue weighted by Gasteiger charge is 2.14. The maximum absolute atomic E-state index is 12.3. The molecule has 0 saturated heterocycles. The first kappa shape index (κ1) is 18.3. The van der Waals surface area contributed by atoms with Crippen molar-refractivity contribution in [1.29, 1.82) is 0 Å². The number of carbonyl (C=O) groups excluding carboxylic acids is 1. The van der Waals surface area contributed by atoms with Crippen LogP contribution in [0.4, 0.5) is 0 Å². The number of amides is 1. The Morgan fingerprint density at radius 2 is 2.21 bits per heavy atom. The maximum Gasteiger partial charge on any atom is 0.233 e. The van der Waals surface area contributed by atoms with E-state index >= 15 is 0 Å². The van der Waals surface area contributed by atoms with Crippen molar-refractivity contribution in [3.8, 4) is 5.75 Å². The Kier molecular flexibility index (Phi) is 6.60. The summed E-state index contributed by atoms with van der Waals surface area (Å²) in [4.78, 5) is 14.0. The van der Waals surface area contributed by atoms with Crippen LogP contribution in [-0.4, -0.2) is 50.9 Å². The molecule has 0 bridgehead atoms. The molecule has 1 aromatic carbocycles. The molecule has 0 unspecified atom stereocenters. The van der Waals surface area contributed by atoms with Crippen LogP contribution < -0.4 is 4.74 Å². The molecule has 8 heteroatoms. The van der Waals surface area contributed by atoms with Gasteiger partial charge in [0.1, 0.15) is 5.75 Å². The van der Waals surface area contributed by atoms with Gasteiger partial charge >= 0.3 is 0 Å². The third-order valence-electron chi connectivity index (χ3n) is 3.34. The fourth-order valence-electron chi connectivity index (χ4n) is 2.13. The van der Waals surface area contributed by atoms with Gasteiger partial charge in [-0.1, -0.05) is 37.7 Å². The number of methoxy groups -OCH3 is 1. The molecular formula is C16H23N5O2S. The molecular weight excluding hydrogens is 326 g/mol. The van der Waals surface area contributed by atoms with E-state index in [-0.39, 0.29) is 5.91 Å². The quantitative estimate of drug-likeness (QED) is 0.680. The number of rotatable bonds is 8. The highest BCUT2D eigenvalue weighted by atomic mass is 32.2. The molecule has 2 rings (SSSR count). The van der Waals surface area contributed by atoms with Gasteiger partial charge in [0.25, 0.3) is 0 Å². The Bertz CT molecular complexity index is 674. The van der Waals surface area contributed by atoms with Gasteiger partial charge in [-0.05, 0) is 34.0 Å². The van der Waals surface area contributed by atoms with Crippen molar-refractivity contribution in [2.45, 2.75) is 32.1 Å². The van der Waals surface area contributed by atoms with E-state index in [4.69, 9.17) is 4.74 Å². The first-order valence-electron chi connectivity index (χ1n) is 7.75. The molecule has 7 nitrogen and oxygen atoms in total. The molecule has 0 aliphatic carbocycles. The van der Waals surface area contributed by atoms with Gasteiger partial charge in [-0.3, -0.25) is 4.79 Å². The summed E-state index contributed by atoms with van der Waals surface area (Å²) in [6, 6.07) is 7.71. The Hall–Kier alpha value is -2.09. The molecule has 130 valence electrons. The number of benzene rings is 1. The summed E-state index contributed by atoms with van der Waals surface area (Å²) in [5.41, 5.74) is 1.03. The number of carbonyl (C=O) groups is 1. The number of tetrazole rings is 1. The van der Waals surface area contributed by atoms with Crippen LogP contribution in [0.5, 0.6) is 5.75 Å². The normalized spacial score (nSPS) is 10.9. The van der Waals surface area contributed by atoms with Crippen LogP contribution >= 0.6 is 11.8 Å². The number of hydrogen-bond acceptors (Lipinski definition) is 6. The molecule has 0 saturated carbocycles. The zero-order valence-corrected chi connectivity index (χ0v) is 15.3. The van der Waals surface area contributed by atoms with E-state index < -0.39 is 0 Å². The van der Waals surface area contributed by atoms with Crippen LogP contribution in [0.15, 0.2) is 29.4 Å². The van der Waals surface area contributed by atoms with Gasteiger partial charge in [-0.15, -0.1) is 5.10 Å². The average molecular weight is 349 g/mol. The third-order valence-corrected chi connectivity index (χ3v) is 4.28. The van der Waals surface area contributed by atoms with E-state index in [1.807, 2.05) is 24.3 Å². The molecule has 2 aromatic rings. The third kappa shape index (κ3) is 5.23. The summed E-state index contributed by atoms with van der Waals surface area (Å²) in [7, 11) is 3.42. The summed E-state index contributed by atoms with van der Waals surface area (Å²) in [6.45, 7) is 5.48. The lowest BCUT2D eigenvalue weighted by atomic mass is 10.2. The molecule has 1 heterocycles. The van der Waals surface area contributed by atoms with Crippen LogP contribution in [0, 0.1) is 5.92 Å². The summed E-state index contributed by atoms with van der Waals surface area (Å²) in [5.74, 6) is 1.57. The summed E-state index contributed by atoms with van der Waals surface area (Å²) >= 11 is 1.36. The Balaban J connectivity index is 1.89. The van der Waals surface area contributed by atoms with Crippen molar-refractivity contribution in [3.05, 3.63) is 29.8 Å². The maximum atomic E-state index is 12.3. The summed E-state index contributed by atoms with van der Waals surface area (Å²) in [5, 5.41) is 12.3. The number of thioether (sulfide) groups is 1. The Labute approximate surface area is 146 Å². The zero-order chi connectivity index (χ0) is 17.5. The molecule has 0 fully saturated rings. The smallest absolute Gasteiger partial charge is 0.233 e. The van der Waals surface area contributed by atoms with Crippen molar-refractivity contribution < 1.29 is 9.53 Å². The molecule has 0 atom stereocenters. The lowest BCUT2D eigenvalue weighted by Gasteiger charge is -2.17. The minimum atomic E-state index is 0.0296. The van der Waals surface area contributed by atoms with E-state index in [9.17, 15) is 4.79 Å². The van der Waals surface area contributed by atoms with Crippen LogP contribution in [0.1, 0.15) is 19.4 Å². The van der Waals surface area contributed by atoms with E-state index in [1.54, 1.807) is 23.7 Å². The fraction of sp³-hybridized carbons (Fsp3) is 0.500. The fourth-order valence-corrected chi connectivity index (χ4v) is 2.96. The predicted molar refractivity (Wildman–Crippen MR) is 92.8 cm³/mol. The van der Waals surface area contributed by atoms with E-state index in [0.717, 1.165) is 17.9 Å². The summed E-state index contributed by atoms with van der Waals surface area (Å²) in [6.07, 6.45) is 0. The standard InChI is InChI=1S/C16H23N5O2S/c1-12(2)9-21-16(17-18-19-21)24-11-15(22)20(3)10-13-6-5-7-14(8-13)23-4/h5-8,12H,9-11H2,1-4H3. The van der Waals surface area contributed by atoms with Gasteiger partial charge in [-0.25, -0.2) is 4.68 Å². The lowest BCUT2D eigenvalue weighted by Crippen LogP contribution is -2.28. The number of hydrogen-bond donors (Lipinski definition) is 0. The SMILES string of the molecule is COc1cccc(CN(C)C(=O)CSc2nnnn2CC(C)C)c1. The lowest BCUT2D eigenvalue weighted by molar-refractivity contribution is -0.127. The van der Waals surface area contributed by atoms with Crippen molar-refractivity contribution in [2.24, 2.45) is 5.92 Å². The van der Waals surface area contributed by atoms with Gasteiger partial charge in [0.15, 0.2) is 0 Å². The van der Waals surface area contributed by atoms with Gasteiger partial charge in [0, 0.05) is 20.1 Å². The van der Waals surface area contributed by atoms with E-state index in [0.29, 0.717) is 23.4 Å². The first-order chi connectivity index (χ1) is 11.5. The largest absolute Gasteiger partial charge is 0.497 e. The topological polar surface area (TPSA) is 73.1 Å². The van der Waals surface area contributed by atoms with Gasteiger partial charge in [-0.2, -0.15) is 0 Å². The minimum Gasteiger partial charge on any atom is -0.497 e. The number of ether oxygens (including phenoxy) is 1. The molecule has 0 aliphatic rings. The van der Waals surface area contributed by atoms with Crippen molar-refractivity contribution >= 4 is 17.7 Å². The second kappa shape index (κ2) is 8.68. The second-order valence-corrected chi connectivity index (χ2v) is 6.87. The molecule has 24 heavy (non-hydrogen) atoms. The van der Waals surface area contributed by atoms with Gasteiger partial charge < -0.3 is 9.64 Å². The van der Waals surface area contributed by atoms with Gasteiger partial charge in [0.2, 0.25) is 11.1 Å². The number of nitrogens with zero attached hydrogens (tertiary/aromatic N) is 5. The first-order valence-corrected chi connectivity index (χ1v) is 8.74. The second-order valence-electron chi connectivity index (χ2n) is 5.93. The molecule has 0 radical (unpaired) electrons. The minimum absolute atomic E-state index is 0.0296. The monoisotopic (exact) mass is 349 g/mol. The van der Waals surface area contributed by atoms with Crippen molar-refractivity contribution in [2.75, 3.05) is 19.9 Å². The molecule has 1 aromatic heterocycles. The van der Waals surface area contributed by atoms with E-state index in [2.05, 4.69) is 29.4 Å².